The fourth-order valence-corrected chi connectivity index (χ4v) is 5.07. The highest BCUT2D eigenvalue weighted by molar-refractivity contribution is 5.67. The standard InChI is InChI=1S/C31H57NO6/c1-2-3-4-5-6-7-8-9-10-11-12-13-14-18-25-32(26-19-15-22-29(33)34,27-20-16-23-30(35)36)28-21-17-24-31(37)38/h18,25H,2-17,19-24,26-28H2,1H3,(H2-,33,34,35,36,37,38)/p+1/b25-18+. The predicted molar refractivity (Wildman–Crippen MR) is 154 cm³/mol. The molecule has 0 unspecified atom stereocenters. The van der Waals surface area contributed by atoms with Crippen LogP contribution in [-0.2, 0) is 14.4 Å². The zero-order chi connectivity index (χ0) is 28.3. The Morgan fingerprint density at radius 1 is 0.500 bits per heavy atom. The molecule has 0 aliphatic carbocycles. The molecule has 0 fully saturated rings. The zero-order valence-electron chi connectivity index (χ0n) is 24.3. The Morgan fingerprint density at radius 3 is 1.18 bits per heavy atom. The van der Waals surface area contributed by atoms with E-state index < -0.39 is 17.9 Å². The maximum absolute atomic E-state index is 11.0. The van der Waals surface area contributed by atoms with Gasteiger partial charge in [-0.25, -0.2) is 0 Å². The van der Waals surface area contributed by atoms with Crippen LogP contribution in [0.4, 0.5) is 0 Å². The van der Waals surface area contributed by atoms with E-state index in [9.17, 15) is 14.4 Å². The van der Waals surface area contributed by atoms with Crippen molar-refractivity contribution in [2.45, 2.75) is 148 Å². The highest BCUT2D eigenvalue weighted by Gasteiger charge is 2.24. The molecule has 0 saturated carbocycles. The Labute approximate surface area is 232 Å². The first-order valence-corrected chi connectivity index (χ1v) is 15.5. The SMILES string of the molecule is CCCCCCCCCCCCCC/C=C/[N+](CCCCC(=O)O)(CCCCC(=O)O)CCCCC(=O)O. The molecule has 3 N–H and O–H groups in total. The van der Waals surface area contributed by atoms with Crippen molar-refractivity contribution in [2.24, 2.45) is 0 Å². The molecule has 0 spiro atoms. The van der Waals surface area contributed by atoms with Gasteiger partial charge in [0.2, 0.25) is 0 Å². The van der Waals surface area contributed by atoms with Gasteiger partial charge in [-0.3, -0.25) is 18.9 Å². The van der Waals surface area contributed by atoms with Crippen molar-refractivity contribution < 1.29 is 34.2 Å². The minimum atomic E-state index is -0.784. The van der Waals surface area contributed by atoms with Crippen LogP contribution in [0.1, 0.15) is 148 Å². The Morgan fingerprint density at radius 2 is 0.842 bits per heavy atom. The molecule has 0 aromatic carbocycles. The zero-order valence-corrected chi connectivity index (χ0v) is 24.3. The summed E-state index contributed by atoms with van der Waals surface area (Å²) in [4.78, 5) is 32.9. The minimum Gasteiger partial charge on any atom is -0.481 e. The summed E-state index contributed by atoms with van der Waals surface area (Å²) in [5.74, 6) is -2.35. The summed E-state index contributed by atoms with van der Waals surface area (Å²) in [6.45, 7) is 4.68. The van der Waals surface area contributed by atoms with E-state index >= 15 is 0 Å². The molecule has 7 nitrogen and oxygen atoms in total. The van der Waals surface area contributed by atoms with E-state index in [4.69, 9.17) is 15.3 Å². The summed E-state index contributed by atoms with van der Waals surface area (Å²) in [7, 11) is 0. The smallest absolute Gasteiger partial charge is 0.303 e. The molecule has 0 aliphatic heterocycles. The summed E-state index contributed by atoms with van der Waals surface area (Å²) in [5, 5.41) is 27.0. The highest BCUT2D eigenvalue weighted by Crippen LogP contribution is 2.19. The van der Waals surface area contributed by atoms with Crippen LogP contribution in [0.5, 0.6) is 0 Å². The molecule has 0 heterocycles. The number of carbonyl (C=O) groups is 3. The number of nitrogens with zero attached hydrogens (tertiary/aromatic N) is 1. The number of allylic oxidation sites excluding steroid dienone is 1. The van der Waals surface area contributed by atoms with E-state index in [-0.39, 0.29) is 19.3 Å². The van der Waals surface area contributed by atoms with Crippen LogP contribution < -0.4 is 0 Å². The van der Waals surface area contributed by atoms with Gasteiger partial charge in [0.1, 0.15) is 0 Å². The predicted octanol–water partition coefficient (Wildman–Crippen LogP) is 8.17. The van der Waals surface area contributed by atoms with Gasteiger partial charge < -0.3 is 15.3 Å². The quantitative estimate of drug-likeness (QED) is 0.0651. The van der Waals surface area contributed by atoms with Crippen molar-refractivity contribution in [3.63, 3.8) is 0 Å². The Balaban J connectivity index is 4.64. The Hall–Kier alpha value is -1.89. The van der Waals surface area contributed by atoms with Crippen molar-refractivity contribution in [1.29, 1.82) is 0 Å². The number of hydrogen-bond donors (Lipinski definition) is 3. The van der Waals surface area contributed by atoms with Gasteiger partial charge in [-0.1, -0.05) is 77.6 Å². The van der Waals surface area contributed by atoms with Crippen LogP contribution >= 0.6 is 0 Å². The van der Waals surface area contributed by atoms with Crippen molar-refractivity contribution >= 4 is 17.9 Å². The number of carboxylic acids is 3. The van der Waals surface area contributed by atoms with E-state index in [1.807, 2.05) is 0 Å². The van der Waals surface area contributed by atoms with Crippen LogP contribution in [0.15, 0.2) is 12.3 Å². The average molecular weight is 541 g/mol. The molecular formula is C31H58NO6+. The van der Waals surface area contributed by atoms with Crippen LogP contribution in [0, 0.1) is 0 Å². The number of hydrogen-bond acceptors (Lipinski definition) is 3. The first-order chi connectivity index (χ1) is 18.3. The number of unbranched alkanes of at least 4 members (excludes halogenated alkanes) is 15. The average Bonchev–Trinajstić information content (AvgIpc) is 2.87. The van der Waals surface area contributed by atoms with E-state index in [0.717, 1.165) is 51.7 Å². The van der Waals surface area contributed by atoms with Crippen molar-refractivity contribution in [3.05, 3.63) is 12.3 Å². The molecule has 0 aromatic heterocycles. The van der Waals surface area contributed by atoms with E-state index in [2.05, 4.69) is 19.2 Å². The molecule has 0 saturated heterocycles. The van der Waals surface area contributed by atoms with E-state index in [0.29, 0.717) is 23.7 Å². The monoisotopic (exact) mass is 540 g/mol. The van der Waals surface area contributed by atoms with Gasteiger partial charge in [-0.05, 0) is 57.4 Å². The molecular weight excluding hydrogens is 482 g/mol. The third kappa shape index (κ3) is 24.4. The molecule has 38 heavy (non-hydrogen) atoms. The third-order valence-corrected chi connectivity index (χ3v) is 7.38. The first kappa shape index (κ1) is 36.1. The van der Waals surface area contributed by atoms with Crippen molar-refractivity contribution in [3.8, 4) is 0 Å². The van der Waals surface area contributed by atoms with Gasteiger partial charge in [0, 0.05) is 19.3 Å². The largest absolute Gasteiger partial charge is 0.481 e. The normalized spacial score (nSPS) is 11.8. The van der Waals surface area contributed by atoms with Crippen LogP contribution in [-0.4, -0.2) is 57.3 Å². The van der Waals surface area contributed by atoms with Crippen LogP contribution in [0.3, 0.4) is 0 Å². The fourth-order valence-electron chi connectivity index (χ4n) is 5.07. The molecule has 0 aliphatic rings. The molecule has 0 bridgehead atoms. The maximum atomic E-state index is 11.0. The number of aliphatic carboxylic acids is 3. The summed E-state index contributed by atoms with van der Waals surface area (Å²) in [5.41, 5.74) is 0. The molecule has 0 radical (unpaired) electrons. The minimum absolute atomic E-state index is 0.153. The number of quaternary nitrogens is 1. The summed E-state index contributed by atoms with van der Waals surface area (Å²) in [6, 6.07) is 0. The second-order valence-corrected chi connectivity index (χ2v) is 11.0. The van der Waals surface area contributed by atoms with Gasteiger partial charge >= 0.3 is 17.9 Å². The number of rotatable bonds is 29. The topological polar surface area (TPSA) is 112 Å². The van der Waals surface area contributed by atoms with Gasteiger partial charge in [0.05, 0.1) is 25.8 Å². The highest BCUT2D eigenvalue weighted by atomic mass is 16.4. The lowest BCUT2D eigenvalue weighted by Gasteiger charge is -2.35. The second-order valence-electron chi connectivity index (χ2n) is 11.0. The molecule has 7 heteroatoms. The van der Waals surface area contributed by atoms with Gasteiger partial charge in [0.15, 0.2) is 0 Å². The number of carboxylic acid groups (broad SMARTS) is 3. The van der Waals surface area contributed by atoms with Crippen molar-refractivity contribution in [2.75, 3.05) is 19.6 Å². The summed E-state index contributed by atoms with van der Waals surface area (Å²) < 4.78 is 0.692. The van der Waals surface area contributed by atoms with E-state index in [1.165, 1.54) is 70.6 Å². The molecule has 0 atom stereocenters. The Kier molecular flexibility index (Phi) is 24.1. The van der Waals surface area contributed by atoms with Crippen molar-refractivity contribution in [1.82, 2.24) is 0 Å². The van der Waals surface area contributed by atoms with Crippen LogP contribution in [0.25, 0.3) is 0 Å². The Bertz CT molecular complexity index is 579. The lowest BCUT2D eigenvalue weighted by atomic mass is 10.0. The molecule has 0 aromatic rings. The fraction of sp³-hybridized carbons (Fsp3) is 0.839. The second kappa shape index (κ2) is 25.4. The van der Waals surface area contributed by atoms with Gasteiger partial charge in [0.25, 0.3) is 0 Å². The molecule has 0 amide bonds. The third-order valence-electron chi connectivity index (χ3n) is 7.38. The van der Waals surface area contributed by atoms with Gasteiger partial charge in [-0.2, -0.15) is 0 Å². The lowest BCUT2D eigenvalue weighted by Crippen LogP contribution is -2.45. The lowest BCUT2D eigenvalue weighted by molar-refractivity contribution is -0.880. The van der Waals surface area contributed by atoms with E-state index in [1.54, 1.807) is 0 Å². The summed E-state index contributed by atoms with van der Waals surface area (Å²) in [6.07, 6.45) is 26.1. The van der Waals surface area contributed by atoms with Gasteiger partial charge in [-0.15, -0.1) is 0 Å². The molecule has 0 rings (SSSR count). The first-order valence-electron chi connectivity index (χ1n) is 15.5. The molecule has 222 valence electrons. The summed E-state index contributed by atoms with van der Waals surface area (Å²) >= 11 is 0. The van der Waals surface area contributed by atoms with Crippen LogP contribution in [0.2, 0.25) is 0 Å². The maximum Gasteiger partial charge on any atom is 0.303 e.